The lowest BCUT2D eigenvalue weighted by molar-refractivity contribution is 0.0941. The molecule has 0 aliphatic rings. The lowest BCUT2D eigenvalue weighted by Gasteiger charge is -2.16. The van der Waals surface area contributed by atoms with Crippen molar-refractivity contribution in [2.45, 2.75) is 13.0 Å². The van der Waals surface area contributed by atoms with Crippen molar-refractivity contribution >= 4 is 40.0 Å². The molecule has 1 heterocycles. The van der Waals surface area contributed by atoms with E-state index in [1.165, 1.54) is 0 Å². The molecular formula is C24H18Cl2N2O. The lowest BCUT2D eigenvalue weighted by atomic mass is 10.0. The minimum atomic E-state index is -0.161. The maximum atomic E-state index is 13.2. The van der Waals surface area contributed by atoms with E-state index >= 15 is 0 Å². The van der Waals surface area contributed by atoms with Gasteiger partial charge >= 0.3 is 0 Å². The number of carbonyl (C=O) groups is 1. The first-order chi connectivity index (χ1) is 14.0. The SMILES string of the molecule is CC(NC(=O)c1cc(-c2ccc(Cl)cc2Cl)nc2ccccc12)c1ccccc1. The summed E-state index contributed by atoms with van der Waals surface area (Å²) in [5.41, 5.74) is 3.68. The zero-order valence-electron chi connectivity index (χ0n) is 15.7. The second kappa shape index (κ2) is 8.24. The Morgan fingerprint density at radius 3 is 2.41 bits per heavy atom. The number of aromatic nitrogens is 1. The van der Waals surface area contributed by atoms with Crippen molar-refractivity contribution in [2.24, 2.45) is 0 Å². The third kappa shape index (κ3) is 4.12. The van der Waals surface area contributed by atoms with E-state index in [-0.39, 0.29) is 11.9 Å². The number of pyridine rings is 1. The smallest absolute Gasteiger partial charge is 0.252 e. The second-order valence-electron chi connectivity index (χ2n) is 6.80. The van der Waals surface area contributed by atoms with Crippen LogP contribution in [0.1, 0.15) is 28.9 Å². The topological polar surface area (TPSA) is 42.0 Å². The van der Waals surface area contributed by atoms with Gasteiger partial charge in [0.25, 0.3) is 5.91 Å². The van der Waals surface area contributed by atoms with E-state index in [1.54, 1.807) is 18.2 Å². The molecule has 1 amide bonds. The number of rotatable bonds is 4. The number of nitrogens with zero attached hydrogens (tertiary/aromatic N) is 1. The molecule has 0 spiro atoms. The Kier molecular flexibility index (Phi) is 5.52. The van der Waals surface area contributed by atoms with Gasteiger partial charge in [-0.05, 0) is 42.8 Å². The normalized spacial score (nSPS) is 12.0. The van der Waals surface area contributed by atoms with E-state index in [1.807, 2.05) is 67.6 Å². The molecule has 3 aromatic carbocycles. The van der Waals surface area contributed by atoms with Crippen LogP contribution in [0.15, 0.2) is 78.9 Å². The Bertz CT molecular complexity index is 1190. The monoisotopic (exact) mass is 420 g/mol. The number of fused-ring (bicyclic) bond motifs is 1. The Labute approximate surface area is 179 Å². The summed E-state index contributed by atoms with van der Waals surface area (Å²) in [7, 11) is 0. The summed E-state index contributed by atoms with van der Waals surface area (Å²) in [5.74, 6) is -0.161. The molecule has 1 atom stereocenters. The molecule has 0 bridgehead atoms. The second-order valence-corrected chi connectivity index (χ2v) is 7.65. The van der Waals surface area contributed by atoms with E-state index in [0.29, 0.717) is 21.3 Å². The van der Waals surface area contributed by atoms with Gasteiger partial charge in [0.05, 0.1) is 27.8 Å². The van der Waals surface area contributed by atoms with Gasteiger partial charge in [-0.3, -0.25) is 4.79 Å². The molecule has 0 aliphatic carbocycles. The number of hydrogen-bond acceptors (Lipinski definition) is 2. The fourth-order valence-corrected chi connectivity index (χ4v) is 3.80. The largest absolute Gasteiger partial charge is 0.345 e. The van der Waals surface area contributed by atoms with Crippen molar-refractivity contribution in [1.29, 1.82) is 0 Å². The molecule has 0 aliphatic heterocycles. The van der Waals surface area contributed by atoms with Crippen LogP contribution in [0.4, 0.5) is 0 Å². The maximum Gasteiger partial charge on any atom is 0.252 e. The molecule has 29 heavy (non-hydrogen) atoms. The van der Waals surface area contributed by atoms with Crippen molar-refractivity contribution in [3.8, 4) is 11.3 Å². The average Bonchev–Trinajstić information content (AvgIpc) is 2.73. The minimum Gasteiger partial charge on any atom is -0.345 e. The van der Waals surface area contributed by atoms with Gasteiger partial charge in [0.1, 0.15) is 0 Å². The fraction of sp³-hybridized carbons (Fsp3) is 0.0833. The first-order valence-electron chi connectivity index (χ1n) is 9.24. The number of benzene rings is 3. The van der Waals surface area contributed by atoms with Crippen LogP contribution in [0.2, 0.25) is 10.0 Å². The van der Waals surface area contributed by atoms with Gasteiger partial charge in [-0.1, -0.05) is 71.7 Å². The van der Waals surface area contributed by atoms with Crippen LogP contribution in [-0.4, -0.2) is 10.9 Å². The molecule has 1 unspecified atom stereocenters. The van der Waals surface area contributed by atoms with Crippen molar-refractivity contribution in [3.05, 3.63) is 100 Å². The number of amides is 1. The highest BCUT2D eigenvalue weighted by molar-refractivity contribution is 6.36. The van der Waals surface area contributed by atoms with Gasteiger partial charge in [0.15, 0.2) is 0 Å². The number of para-hydroxylation sites is 1. The van der Waals surface area contributed by atoms with Crippen molar-refractivity contribution in [3.63, 3.8) is 0 Å². The minimum absolute atomic E-state index is 0.127. The van der Waals surface area contributed by atoms with Gasteiger partial charge < -0.3 is 5.32 Å². The van der Waals surface area contributed by atoms with Crippen molar-refractivity contribution < 1.29 is 4.79 Å². The first-order valence-corrected chi connectivity index (χ1v) is 9.99. The number of carbonyl (C=O) groups excluding carboxylic acids is 1. The zero-order chi connectivity index (χ0) is 20.4. The third-order valence-corrected chi connectivity index (χ3v) is 5.36. The predicted molar refractivity (Wildman–Crippen MR) is 120 cm³/mol. The van der Waals surface area contributed by atoms with Crippen molar-refractivity contribution in [1.82, 2.24) is 10.3 Å². The molecular weight excluding hydrogens is 403 g/mol. The third-order valence-electron chi connectivity index (χ3n) is 4.82. The number of halogens is 2. The zero-order valence-corrected chi connectivity index (χ0v) is 17.2. The Morgan fingerprint density at radius 1 is 0.931 bits per heavy atom. The van der Waals surface area contributed by atoms with E-state index in [9.17, 15) is 4.79 Å². The summed E-state index contributed by atoms with van der Waals surface area (Å²) < 4.78 is 0. The summed E-state index contributed by atoms with van der Waals surface area (Å²) in [5, 5.41) is 4.92. The first kappa shape index (κ1) is 19.4. The number of nitrogens with one attached hydrogen (secondary N) is 1. The van der Waals surface area contributed by atoms with Crippen LogP contribution < -0.4 is 5.32 Å². The molecule has 5 heteroatoms. The van der Waals surface area contributed by atoms with Crippen LogP contribution in [0.3, 0.4) is 0 Å². The highest BCUT2D eigenvalue weighted by atomic mass is 35.5. The highest BCUT2D eigenvalue weighted by Gasteiger charge is 2.17. The average molecular weight is 421 g/mol. The quantitative estimate of drug-likeness (QED) is 0.398. The van der Waals surface area contributed by atoms with Gasteiger partial charge in [-0.2, -0.15) is 0 Å². The van der Waals surface area contributed by atoms with Gasteiger partial charge in [0.2, 0.25) is 0 Å². The Morgan fingerprint density at radius 2 is 1.66 bits per heavy atom. The van der Waals surface area contributed by atoms with E-state index in [4.69, 9.17) is 28.2 Å². The summed E-state index contributed by atoms with van der Waals surface area (Å²) in [6, 6.07) is 24.4. The predicted octanol–water partition coefficient (Wildman–Crippen LogP) is 6.70. The Hall–Kier alpha value is -2.88. The molecule has 4 rings (SSSR count). The van der Waals surface area contributed by atoms with E-state index in [2.05, 4.69) is 5.32 Å². The molecule has 1 N–H and O–H groups in total. The standard InChI is InChI=1S/C24H18Cl2N2O/c1-15(16-7-3-2-4-8-16)27-24(29)20-14-23(19-12-11-17(25)13-21(19)26)28-22-10-6-5-9-18(20)22/h2-15H,1H3,(H,27,29). The van der Waals surface area contributed by atoms with Crippen LogP contribution in [-0.2, 0) is 0 Å². The van der Waals surface area contributed by atoms with Gasteiger partial charge in [-0.15, -0.1) is 0 Å². The lowest BCUT2D eigenvalue weighted by Crippen LogP contribution is -2.27. The van der Waals surface area contributed by atoms with Crippen LogP contribution in [0.5, 0.6) is 0 Å². The molecule has 1 aromatic heterocycles. The highest BCUT2D eigenvalue weighted by Crippen LogP contribution is 2.32. The summed E-state index contributed by atoms with van der Waals surface area (Å²) in [4.78, 5) is 17.9. The fourth-order valence-electron chi connectivity index (χ4n) is 3.30. The maximum absolute atomic E-state index is 13.2. The summed E-state index contributed by atoms with van der Waals surface area (Å²) in [6.45, 7) is 1.97. The Balaban J connectivity index is 1.77. The van der Waals surface area contributed by atoms with Crippen LogP contribution in [0.25, 0.3) is 22.2 Å². The molecule has 0 saturated carbocycles. The van der Waals surface area contributed by atoms with Crippen LogP contribution in [0, 0.1) is 0 Å². The van der Waals surface area contributed by atoms with Gasteiger partial charge in [0, 0.05) is 16.0 Å². The summed E-state index contributed by atoms with van der Waals surface area (Å²) >= 11 is 12.4. The number of hydrogen-bond donors (Lipinski definition) is 1. The molecule has 4 aromatic rings. The molecule has 3 nitrogen and oxygen atoms in total. The molecule has 0 radical (unpaired) electrons. The molecule has 144 valence electrons. The molecule has 0 saturated heterocycles. The van der Waals surface area contributed by atoms with E-state index in [0.717, 1.165) is 22.0 Å². The van der Waals surface area contributed by atoms with E-state index < -0.39 is 0 Å². The van der Waals surface area contributed by atoms with Crippen LogP contribution >= 0.6 is 23.2 Å². The summed E-state index contributed by atoms with van der Waals surface area (Å²) in [6.07, 6.45) is 0. The van der Waals surface area contributed by atoms with Gasteiger partial charge in [-0.25, -0.2) is 4.98 Å². The van der Waals surface area contributed by atoms with Crippen molar-refractivity contribution in [2.75, 3.05) is 0 Å². The molecule has 0 fully saturated rings.